The molecule has 0 aliphatic heterocycles. The molecular weight excluding hydrogens is 212 g/mol. The number of ether oxygens (including phenoxy) is 1. The van der Waals surface area contributed by atoms with Gasteiger partial charge in [0.2, 0.25) is 0 Å². The van der Waals surface area contributed by atoms with Gasteiger partial charge in [0, 0.05) is 5.92 Å². The zero-order valence-electron chi connectivity index (χ0n) is 9.54. The van der Waals surface area contributed by atoms with Crippen LogP contribution in [0.2, 0.25) is 0 Å². The third-order valence-electron chi connectivity index (χ3n) is 2.84. The molecule has 3 nitrogen and oxygen atoms in total. The molecule has 0 N–H and O–H groups in total. The molecule has 0 unspecified atom stereocenters. The summed E-state index contributed by atoms with van der Waals surface area (Å²) in [6.45, 7) is 0.562. The van der Waals surface area contributed by atoms with Crippen LogP contribution in [0.1, 0.15) is 30.1 Å². The number of nitrogens with zero attached hydrogens (tertiary/aromatic N) is 2. The lowest BCUT2D eigenvalue weighted by Gasteiger charge is -2.05. The molecule has 3 rings (SSSR count). The summed E-state index contributed by atoms with van der Waals surface area (Å²) in [7, 11) is 0. The van der Waals surface area contributed by atoms with Crippen LogP contribution in [0.25, 0.3) is 0 Å². The Bertz CT molecular complexity index is 477. The van der Waals surface area contributed by atoms with Gasteiger partial charge < -0.3 is 4.74 Å². The van der Waals surface area contributed by atoms with Crippen molar-refractivity contribution in [3.05, 3.63) is 54.1 Å². The first kappa shape index (κ1) is 10.3. The van der Waals surface area contributed by atoms with Gasteiger partial charge in [0.05, 0.1) is 12.4 Å². The van der Waals surface area contributed by atoms with Crippen LogP contribution in [0, 0.1) is 0 Å². The van der Waals surface area contributed by atoms with E-state index in [2.05, 4.69) is 9.97 Å². The Labute approximate surface area is 100 Å². The van der Waals surface area contributed by atoms with Gasteiger partial charge in [-0.25, -0.2) is 9.97 Å². The van der Waals surface area contributed by atoms with Crippen LogP contribution in [-0.4, -0.2) is 9.97 Å². The van der Waals surface area contributed by atoms with E-state index in [9.17, 15) is 0 Å². The van der Waals surface area contributed by atoms with Gasteiger partial charge >= 0.3 is 0 Å². The molecule has 17 heavy (non-hydrogen) atoms. The summed E-state index contributed by atoms with van der Waals surface area (Å²) in [5.41, 5.74) is 1.15. The maximum absolute atomic E-state index is 5.62. The summed E-state index contributed by atoms with van der Waals surface area (Å²) in [6.07, 6.45) is 5.99. The average Bonchev–Trinajstić information content (AvgIpc) is 3.23. The first-order chi connectivity index (χ1) is 8.42. The lowest BCUT2D eigenvalue weighted by Crippen LogP contribution is -1.98. The topological polar surface area (TPSA) is 35.0 Å². The largest absolute Gasteiger partial charge is 0.486 e. The fraction of sp³-hybridized carbons (Fsp3) is 0.286. The van der Waals surface area contributed by atoms with Crippen LogP contribution in [0.4, 0.5) is 0 Å². The number of benzene rings is 1. The van der Waals surface area contributed by atoms with Gasteiger partial charge in [-0.05, 0) is 18.4 Å². The second-order valence-corrected chi connectivity index (χ2v) is 4.33. The Morgan fingerprint density at radius 1 is 1.06 bits per heavy atom. The zero-order chi connectivity index (χ0) is 11.5. The van der Waals surface area contributed by atoms with Crippen LogP contribution in [0.15, 0.2) is 42.7 Å². The molecule has 0 bridgehead atoms. The molecule has 1 aromatic heterocycles. The Morgan fingerprint density at radius 3 is 2.41 bits per heavy atom. The highest BCUT2D eigenvalue weighted by molar-refractivity contribution is 5.18. The second kappa shape index (κ2) is 4.53. The van der Waals surface area contributed by atoms with E-state index < -0.39 is 0 Å². The first-order valence-electron chi connectivity index (χ1n) is 5.90. The molecule has 1 aromatic carbocycles. The Kier molecular flexibility index (Phi) is 2.74. The molecule has 1 heterocycles. The minimum atomic E-state index is 0.562. The molecular formula is C14H14N2O. The van der Waals surface area contributed by atoms with Crippen molar-refractivity contribution in [1.29, 1.82) is 0 Å². The van der Waals surface area contributed by atoms with E-state index in [1.165, 1.54) is 12.8 Å². The van der Waals surface area contributed by atoms with Gasteiger partial charge in [-0.2, -0.15) is 0 Å². The van der Waals surface area contributed by atoms with E-state index in [1.54, 1.807) is 12.4 Å². The van der Waals surface area contributed by atoms with E-state index in [4.69, 9.17) is 4.74 Å². The van der Waals surface area contributed by atoms with Crippen molar-refractivity contribution in [1.82, 2.24) is 9.97 Å². The predicted molar refractivity (Wildman–Crippen MR) is 64.8 cm³/mol. The zero-order valence-corrected chi connectivity index (χ0v) is 9.54. The summed E-state index contributed by atoms with van der Waals surface area (Å²) in [4.78, 5) is 8.63. The van der Waals surface area contributed by atoms with Crippen molar-refractivity contribution in [3.63, 3.8) is 0 Å². The van der Waals surface area contributed by atoms with Crippen molar-refractivity contribution in [2.75, 3.05) is 0 Å². The summed E-state index contributed by atoms with van der Waals surface area (Å²) in [5, 5.41) is 0. The molecule has 2 aromatic rings. The summed E-state index contributed by atoms with van der Waals surface area (Å²) < 4.78 is 5.62. The highest BCUT2D eigenvalue weighted by Crippen LogP contribution is 2.37. The summed E-state index contributed by atoms with van der Waals surface area (Å²) in [6, 6.07) is 10.1. The maximum atomic E-state index is 5.62. The molecule has 1 aliphatic rings. The third kappa shape index (κ3) is 2.61. The van der Waals surface area contributed by atoms with Crippen molar-refractivity contribution >= 4 is 0 Å². The molecule has 1 aliphatic carbocycles. The van der Waals surface area contributed by atoms with Crippen LogP contribution in [0.5, 0.6) is 5.75 Å². The lowest BCUT2D eigenvalue weighted by atomic mass is 10.2. The Balaban J connectivity index is 1.61. The highest BCUT2D eigenvalue weighted by atomic mass is 16.5. The average molecular weight is 226 g/mol. The predicted octanol–water partition coefficient (Wildman–Crippen LogP) is 2.93. The van der Waals surface area contributed by atoms with Crippen molar-refractivity contribution in [2.45, 2.75) is 25.4 Å². The van der Waals surface area contributed by atoms with Gasteiger partial charge in [0.1, 0.15) is 12.4 Å². The van der Waals surface area contributed by atoms with Gasteiger partial charge in [-0.15, -0.1) is 0 Å². The standard InChI is InChI=1S/C14H14N2O/c1-2-4-11(5-3-1)10-17-13-8-15-14(16-9-13)12-6-7-12/h1-5,8-9,12H,6-7,10H2. The number of rotatable bonds is 4. The molecule has 0 radical (unpaired) electrons. The molecule has 1 fully saturated rings. The lowest BCUT2D eigenvalue weighted by molar-refractivity contribution is 0.303. The Hall–Kier alpha value is -1.90. The molecule has 0 amide bonds. The third-order valence-corrected chi connectivity index (χ3v) is 2.84. The molecule has 3 heteroatoms. The summed E-state index contributed by atoms with van der Waals surface area (Å²) in [5.74, 6) is 2.29. The molecule has 0 saturated heterocycles. The van der Waals surface area contributed by atoms with Gasteiger partial charge in [-0.3, -0.25) is 0 Å². The van der Waals surface area contributed by atoms with E-state index in [0.717, 1.165) is 17.1 Å². The fourth-order valence-electron chi connectivity index (χ4n) is 1.69. The maximum Gasteiger partial charge on any atom is 0.156 e. The van der Waals surface area contributed by atoms with E-state index in [1.807, 2.05) is 30.3 Å². The number of hydrogen-bond acceptors (Lipinski definition) is 3. The fourth-order valence-corrected chi connectivity index (χ4v) is 1.69. The highest BCUT2D eigenvalue weighted by Gasteiger charge is 2.26. The van der Waals surface area contributed by atoms with Crippen molar-refractivity contribution in [3.8, 4) is 5.75 Å². The quantitative estimate of drug-likeness (QED) is 0.804. The van der Waals surface area contributed by atoms with E-state index >= 15 is 0 Å². The van der Waals surface area contributed by atoms with Crippen molar-refractivity contribution in [2.24, 2.45) is 0 Å². The van der Waals surface area contributed by atoms with Crippen LogP contribution < -0.4 is 4.74 Å². The van der Waals surface area contributed by atoms with Crippen LogP contribution in [0.3, 0.4) is 0 Å². The second-order valence-electron chi connectivity index (χ2n) is 4.33. The molecule has 86 valence electrons. The van der Waals surface area contributed by atoms with Crippen LogP contribution in [-0.2, 0) is 6.61 Å². The van der Waals surface area contributed by atoms with E-state index in [-0.39, 0.29) is 0 Å². The van der Waals surface area contributed by atoms with Crippen molar-refractivity contribution < 1.29 is 4.74 Å². The number of aromatic nitrogens is 2. The molecule has 1 saturated carbocycles. The Morgan fingerprint density at radius 2 is 1.76 bits per heavy atom. The smallest absolute Gasteiger partial charge is 0.156 e. The van der Waals surface area contributed by atoms with E-state index in [0.29, 0.717) is 12.5 Å². The van der Waals surface area contributed by atoms with Gasteiger partial charge in [-0.1, -0.05) is 30.3 Å². The monoisotopic (exact) mass is 226 g/mol. The number of hydrogen-bond donors (Lipinski definition) is 0. The van der Waals surface area contributed by atoms with Gasteiger partial charge in [0.25, 0.3) is 0 Å². The summed E-state index contributed by atoms with van der Waals surface area (Å²) >= 11 is 0. The van der Waals surface area contributed by atoms with Crippen LogP contribution >= 0.6 is 0 Å². The minimum absolute atomic E-state index is 0.562. The first-order valence-corrected chi connectivity index (χ1v) is 5.90. The normalized spacial score (nSPS) is 14.6. The van der Waals surface area contributed by atoms with Gasteiger partial charge in [0.15, 0.2) is 5.75 Å². The molecule has 0 atom stereocenters. The molecule has 0 spiro atoms. The minimum Gasteiger partial charge on any atom is -0.486 e. The SMILES string of the molecule is c1ccc(COc2cnc(C3CC3)nc2)cc1.